The van der Waals surface area contributed by atoms with Crippen LogP contribution in [0.5, 0.6) is 0 Å². The Labute approximate surface area is 66.3 Å². The maximum absolute atomic E-state index is 10.1. The number of amides is 1. The van der Waals surface area contributed by atoms with Gasteiger partial charge in [-0.2, -0.15) is 0 Å². The van der Waals surface area contributed by atoms with Gasteiger partial charge in [-0.1, -0.05) is 6.92 Å². The average Bonchev–Trinajstić information content (AvgIpc) is 1.97. The third-order valence-corrected chi connectivity index (χ3v) is 1.37. The average molecular weight is 161 g/mol. The van der Waals surface area contributed by atoms with Crippen LogP contribution in [0.25, 0.3) is 0 Å². The van der Waals surface area contributed by atoms with Crippen molar-refractivity contribution in [2.75, 3.05) is 13.2 Å². The van der Waals surface area contributed by atoms with E-state index in [0.29, 0.717) is 6.61 Å². The second-order valence-electron chi connectivity index (χ2n) is 2.60. The molecule has 11 heavy (non-hydrogen) atoms. The SMILES string of the molecule is C[C@H](CCCO)COC(N)=O. The van der Waals surface area contributed by atoms with E-state index in [-0.39, 0.29) is 12.5 Å². The van der Waals surface area contributed by atoms with E-state index in [0.717, 1.165) is 12.8 Å². The molecule has 0 aromatic rings. The van der Waals surface area contributed by atoms with E-state index in [1.807, 2.05) is 6.92 Å². The maximum Gasteiger partial charge on any atom is 0.404 e. The van der Waals surface area contributed by atoms with Gasteiger partial charge < -0.3 is 15.6 Å². The Kier molecular flexibility index (Phi) is 5.56. The predicted molar refractivity (Wildman–Crippen MR) is 41.0 cm³/mol. The zero-order valence-electron chi connectivity index (χ0n) is 6.75. The van der Waals surface area contributed by atoms with E-state index >= 15 is 0 Å². The van der Waals surface area contributed by atoms with E-state index in [4.69, 9.17) is 10.8 Å². The summed E-state index contributed by atoms with van der Waals surface area (Å²) >= 11 is 0. The number of carbonyl (C=O) groups is 1. The van der Waals surface area contributed by atoms with Crippen molar-refractivity contribution in [1.29, 1.82) is 0 Å². The quantitative estimate of drug-likeness (QED) is 0.616. The van der Waals surface area contributed by atoms with Crippen LogP contribution in [0.3, 0.4) is 0 Å². The van der Waals surface area contributed by atoms with Gasteiger partial charge in [0, 0.05) is 6.61 Å². The monoisotopic (exact) mass is 161 g/mol. The molecule has 0 aliphatic rings. The fourth-order valence-electron chi connectivity index (χ4n) is 0.747. The molecule has 1 amide bonds. The highest BCUT2D eigenvalue weighted by Gasteiger charge is 2.03. The first-order chi connectivity index (χ1) is 5.16. The first-order valence-electron chi connectivity index (χ1n) is 3.70. The van der Waals surface area contributed by atoms with Crippen molar-refractivity contribution < 1.29 is 14.6 Å². The summed E-state index contributed by atoms with van der Waals surface area (Å²) < 4.78 is 4.56. The van der Waals surface area contributed by atoms with Crippen LogP contribution in [0.4, 0.5) is 4.79 Å². The van der Waals surface area contributed by atoms with Gasteiger partial charge >= 0.3 is 6.09 Å². The van der Waals surface area contributed by atoms with Crippen LogP contribution < -0.4 is 5.73 Å². The molecule has 66 valence electrons. The second-order valence-corrected chi connectivity index (χ2v) is 2.60. The molecular weight excluding hydrogens is 146 g/mol. The van der Waals surface area contributed by atoms with Crippen LogP contribution >= 0.6 is 0 Å². The number of primary amides is 1. The lowest BCUT2D eigenvalue weighted by Crippen LogP contribution is -2.17. The Bertz CT molecular complexity index is 116. The van der Waals surface area contributed by atoms with Crippen LogP contribution in [-0.2, 0) is 4.74 Å². The summed E-state index contributed by atoms with van der Waals surface area (Å²) in [4.78, 5) is 10.1. The number of rotatable bonds is 5. The topological polar surface area (TPSA) is 72.6 Å². The molecule has 4 nitrogen and oxygen atoms in total. The third-order valence-electron chi connectivity index (χ3n) is 1.37. The molecule has 0 aromatic heterocycles. The van der Waals surface area contributed by atoms with Crippen molar-refractivity contribution in [3.63, 3.8) is 0 Å². The van der Waals surface area contributed by atoms with Gasteiger partial charge in [0.05, 0.1) is 6.61 Å². The summed E-state index contributed by atoms with van der Waals surface area (Å²) in [5.41, 5.74) is 4.76. The zero-order valence-corrected chi connectivity index (χ0v) is 6.75. The van der Waals surface area contributed by atoms with Gasteiger partial charge in [0.15, 0.2) is 0 Å². The molecule has 1 atom stereocenters. The lowest BCUT2D eigenvalue weighted by Gasteiger charge is -2.08. The molecule has 0 fully saturated rings. The fourth-order valence-corrected chi connectivity index (χ4v) is 0.747. The minimum absolute atomic E-state index is 0.181. The molecule has 4 heteroatoms. The first-order valence-corrected chi connectivity index (χ1v) is 3.70. The predicted octanol–water partition coefficient (Wildman–Crippen LogP) is 0.490. The summed E-state index contributed by atoms with van der Waals surface area (Å²) in [7, 11) is 0. The van der Waals surface area contributed by atoms with E-state index in [1.165, 1.54) is 0 Å². The number of nitrogens with two attached hydrogens (primary N) is 1. The summed E-state index contributed by atoms with van der Waals surface area (Å²) in [5.74, 6) is 0.273. The summed E-state index contributed by atoms with van der Waals surface area (Å²) in [6.07, 6.45) is 0.855. The molecule has 0 heterocycles. The maximum atomic E-state index is 10.1. The Hall–Kier alpha value is -0.770. The van der Waals surface area contributed by atoms with E-state index < -0.39 is 6.09 Å². The number of carbonyl (C=O) groups excluding carboxylic acids is 1. The van der Waals surface area contributed by atoms with Gasteiger partial charge in [0.1, 0.15) is 0 Å². The smallest absolute Gasteiger partial charge is 0.404 e. The third kappa shape index (κ3) is 7.12. The van der Waals surface area contributed by atoms with Gasteiger partial charge in [-0.3, -0.25) is 0 Å². The van der Waals surface area contributed by atoms with E-state index in [1.54, 1.807) is 0 Å². The minimum atomic E-state index is -0.735. The second kappa shape index (κ2) is 5.97. The van der Waals surface area contributed by atoms with Gasteiger partial charge in [-0.15, -0.1) is 0 Å². The van der Waals surface area contributed by atoms with Crippen molar-refractivity contribution in [3.8, 4) is 0 Å². The first kappa shape index (κ1) is 10.2. The number of aliphatic hydroxyl groups excluding tert-OH is 1. The zero-order chi connectivity index (χ0) is 8.69. The van der Waals surface area contributed by atoms with Crippen LogP contribution in [0.15, 0.2) is 0 Å². The number of hydrogen-bond donors (Lipinski definition) is 2. The van der Waals surface area contributed by atoms with Crippen LogP contribution in [0, 0.1) is 5.92 Å². The Morgan fingerprint density at radius 3 is 2.82 bits per heavy atom. The summed E-state index contributed by atoms with van der Waals surface area (Å²) in [6.45, 7) is 2.47. The number of aliphatic hydroxyl groups is 1. The summed E-state index contributed by atoms with van der Waals surface area (Å²) in [5, 5.41) is 8.46. The standard InChI is InChI=1S/C7H15NO3/c1-6(3-2-4-9)5-11-7(8)10/h6,9H,2-5H2,1H3,(H2,8,10)/t6-/m1/s1. The molecule has 0 unspecified atom stereocenters. The van der Waals surface area contributed by atoms with E-state index in [9.17, 15) is 4.79 Å². The molecule has 0 rings (SSSR count). The van der Waals surface area contributed by atoms with Gasteiger partial charge in [0.2, 0.25) is 0 Å². The van der Waals surface area contributed by atoms with Crippen molar-refractivity contribution in [2.45, 2.75) is 19.8 Å². The van der Waals surface area contributed by atoms with Crippen LogP contribution in [0.1, 0.15) is 19.8 Å². The van der Waals surface area contributed by atoms with Crippen molar-refractivity contribution in [3.05, 3.63) is 0 Å². The van der Waals surface area contributed by atoms with Gasteiger partial charge in [0.25, 0.3) is 0 Å². The molecule has 3 N–H and O–H groups in total. The molecule has 0 aromatic carbocycles. The van der Waals surface area contributed by atoms with Crippen LogP contribution in [-0.4, -0.2) is 24.4 Å². The van der Waals surface area contributed by atoms with E-state index in [2.05, 4.69) is 4.74 Å². The van der Waals surface area contributed by atoms with Crippen molar-refractivity contribution >= 4 is 6.09 Å². The lowest BCUT2D eigenvalue weighted by molar-refractivity contribution is 0.135. The van der Waals surface area contributed by atoms with Gasteiger partial charge in [-0.25, -0.2) is 4.79 Å². The Morgan fingerprint density at radius 1 is 1.73 bits per heavy atom. The fraction of sp³-hybridized carbons (Fsp3) is 0.857. The number of hydrogen-bond acceptors (Lipinski definition) is 3. The molecule has 0 saturated carbocycles. The summed E-state index contributed by atoms with van der Waals surface area (Å²) in [6, 6.07) is 0. The lowest BCUT2D eigenvalue weighted by atomic mass is 10.1. The minimum Gasteiger partial charge on any atom is -0.449 e. The molecular formula is C7H15NO3. The number of ether oxygens (including phenoxy) is 1. The molecule has 0 saturated heterocycles. The molecule has 0 radical (unpaired) electrons. The van der Waals surface area contributed by atoms with Crippen LogP contribution in [0.2, 0.25) is 0 Å². The molecule has 0 aliphatic carbocycles. The van der Waals surface area contributed by atoms with Crippen molar-refractivity contribution in [1.82, 2.24) is 0 Å². The van der Waals surface area contributed by atoms with Crippen molar-refractivity contribution in [2.24, 2.45) is 11.7 Å². The highest BCUT2D eigenvalue weighted by molar-refractivity contribution is 5.64. The molecule has 0 bridgehead atoms. The Morgan fingerprint density at radius 2 is 2.36 bits per heavy atom. The highest BCUT2D eigenvalue weighted by Crippen LogP contribution is 2.04. The normalized spacial score (nSPS) is 12.5. The molecule has 0 spiro atoms. The van der Waals surface area contributed by atoms with Gasteiger partial charge in [-0.05, 0) is 18.8 Å². The molecule has 0 aliphatic heterocycles. The largest absolute Gasteiger partial charge is 0.449 e. The Balaban J connectivity index is 3.22. The highest BCUT2D eigenvalue weighted by atomic mass is 16.5.